The molecule has 0 aliphatic rings. The summed E-state index contributed by atoms with van der Waals surface area (Å²) in [6.07, 6.45) is 0. The summed E-state index contributed by atoms with van der Waals surface area (Å²) in [5, 5.41) is -0.00888. The van der Waals surface area contributed by atoms with E-state index in [0.29, 0.717) is 0 Å². The van der Waals surface area contributed by atoms with E-state index in [4.69, 9.17) is 28.9 Å². The van der Waals surface area contributed by atoms with E-state index in [-0.39, 0.29) is 31.8 Å². The summed E-state index contributed by atoms with van der Waals surface area (Å²) in [6, 6.07) is 7.55. The molecule has 10 heteroatoms. The molecular weight excluding hydrogens is 391 g/mol. The highest BCUT2D eigenvalue weighted by Crippen LogP contribution is 2.27. The molecule has 132 valence electrons. The second-order valence-electron chi connectivity index (χ2n) is 4.80. The normalized spacial score (nSPS) is 11.0. The molecule has 0 unspecified atom stereocenters. The third-order valence-electron chi connectivity index (χ3n) is 3.13. The zero-order valence-electron chi connectivity index (χ0n) is 12.7. The highest BCUT2D eigenvalue weighted by Gasteiger charge is 2.21. The number of carbonyl (C=O) groups excluding carboxylic acids is 2. The Hall–Kier alpha value is -2.29. The van der Waals surface area contributed by atoms with Gasteiger partial charge in [0.1, 0.15) is 4.90 Å². The van der Waals surface area contributed by atoms with Gasteiger partial charge in [-0.15, -0.1) is 0 Å². The maximum absolute atomic E-state index is 12.6. The maximum atomic E-state index is 12.6. The number of primary amides is 1. The van der Waals surface area contributed by atoms with Crippen LogP contribution in [0.15, 0.2) is 41.3 Å². The fourth-order valence-electron chi connectivity index (χ4n) is 1.94. The van der Waals surface area contributed by atoms with Crippen molar-refractivity contribution in [3.63, 3.8) is 0 Å². The van der Waals surface area contributed by atoms with Gasteiger partial charge in [-0.05, 0) is 36.4 Å². The molecule has 2 aromatic rings. The highest BCUT2D eigenvalue weighted by molar-refractivity contribution is 7.92. The number of sulfonamides is 1. The number of methoxy groups -OCH3 is 1. The van der Waals surface area contributed by atoms with Crippen LogP contribution in [-0.4, -0.2) is 27.4 Å². The molecule has 7 nitrogen and oxygen atoms in total. The predicted molar refractivity (Wildman–Crippen MR) is 93.6 cm³/mol. The molecule has 0 atom stereocenters. The molecule has 2 aromatic carbocycles. The zero-order chi connectivity index (χ0) is 18.8. The maximum Gasteiger partial charge on any atom is 0.337 e. The van der Waals surface area contributed by atoms with Gasteiger partial charge in [0, 0.05) is 5.69 Å². The van der Waals surface area contributed by atoms with Crippen molar-refractivity contribution < 1.29 is 22.7 Å². The SMILES string of the molecule is COC(=O)c1ccc(Cl)c(S(=O)(=O)Nc2ccc(Cl)c(C(N)=O)c2)c1. The van der Waals surface area contributed by atoms with Crippen LogP contribution in [0.5, 0.6) is 0 Å². The smallest absolute Gasteiger partial charge is 0.337 e. The van der Waals surface area contributed by atoms with Gasteiger partial charge in [-0.2, -0.15) is 0 Å². The van der Waals surface area contributed by atoms with E-state index in [1.54, 1.807) is 0 Å². The lowest BCUT2D eigenvalue weighted by molar-refractivity contribution is 0.0600. The molecule has 25 heavy (non-hydrogen) atoms. The third-order valence-corrected chi connectivity index (χ3v) is 5.32. The van der Waals surface area contributed by atoms with E-state index >= 15 is 0 Å². The monoisotopic (exact) mass is 402 g/mol. The predicted octanol–water partition coefficient (Wildman–Crippen LogP) is 2.68. The topological polar surface area (TPSA) is 116 Å². The van der Waals surface area contributed by atoms with Crippen molar-refractivity contribution >= 4 is 50.8 Å². The van der Waals surface area contributed by atoms with Crippen LogP contribution < -0.4 is 10.5 Å². The summed E-state index contributed by atoms with van der Waals surface area (Å²) >= 11 is 11.8. The first-order valence-corrected chi connectivity index (χ1v) is 8.89. The lowest BCUT2D eigenvalue weighted by Gasteiger charge is -2.12. The Kier molecular flexibility index (Phi) is 5.56. The first-order valence-electron chi connectivity index (χ1n) is 6.65. The van der Waals surface area contributed by atoms with Crippen molar-refractivity contribution in [3.05, 3.63) is 57.6 Å². The summed E-state index contributed by atoms with van der Waals surface area (Å²) in [4.78, 5) is 22.6. The minimum atomic E-state index is -4.15. The van der Waals surface area contributed by atoms with Gasteiger partial charge in [0.15, 0.2) is 0 Å². The lowest BCUT2D eigenvalue weighted by Crippen LogP contribution is -2.16. The average molecular weight is 403 g/mol. The molecule has 0 fully saturated rings. The van der Waals surface area contributed by atoms with E-state index in [2.05, 4.69) is 9.46 Å². The Bertz CT molecular complexity index is 960. The van der Waals surface area contributed by atoms with Crippen molar-refractivity contribution in [1.82, 2.24) is 0 Å². The molecule has 0 aliphatic heterocycles. The van der Waals surface area contributed by atoms with Gasteiger partial charge in [-0.25, -0.2) is 13.2 Å². The molecule has 0 saturated heterocycles. The molecule has 0 radical (unpaired) electrons. The van der Waals surface area contributed by atoms with Crippen molar-refractivity contribution in [2.75, 3.05) is 11.8 Å². The van der Waals surface area contributed by atoms with Crippen LogP contribution >= 0.6 is 23.2 Å². The Morgan fingerprint density at radius 1 is 1.08 bits per heavy atom. The molecule has 0 aliphatic carbocycles. The van der Waals surface area contributed by atoms with Crippen molar-refractivity contribution in [2.24, 2.45) is 5.73 Å². The van der Waals surface area contributed by atoms with E-state index in [1.807, 2.05) is 0 Å². The van der Waals surface area contributed by atoms with Gasteiger partial charge < -0.3 is 10.5 Å². The molecule has 3 N–H and O–H groups in total. The fourth-order valence-corrected chi connectivity index (χ4v) is 3.73. The summed E-state index contributed by atoms with van der Waals surface area (Å²) in [5.41, 5.74) is 5.20. The summed E-state index contributed by atoms with van der Waals surface area (Å²) < 4.78 is 31.9. The van der Waals surface area contributed by atoms with Gasteiger partial charge in [-0.3, -0.25) is 9.52 Å². The number of anilines is 1. The van der Waals surface area contributed by atoms with Crippen LogP contribution in [0.2, 0.25) is 10.0 Å². The molecule has 0 heterocycles. The van der Waals surface area contributed by atoms with E-state index in [9.17, 15) is 18.0 Å². The molecule has 0 saturated carbocycles. The standard InChI is InChI=1S/C15H12Cl2N2O5S/c1-24-15(21)8-2-4-12(17)13(6-8)25(22,23)19-9-3-5-11(16)10(7-9)14(18)20/h2-7,19H,1H3,(H2,18,20). The number of esters is 1. The van der Waals surface area contributed by atoms with Gasteiger partial charge in [0.05, 0.1) is 28.3 Å². The number of carbonyl (C=O) groups is 2. The summed E-state index contributed by atoms with van der Waals surface area (Å²) in [6.45, 7) is 0. The second-order valence-corrected chi connectivity index (χ2v) is 7.27. The molecule has 0 spiro atoms. The third kappa shape index (κ3) is 4.22. The Morgan fingerprint density at radius 3 is 2.32 bits per heavy atom. The Labute approximate surface area is 153 Å². The summed E-state index contributed by atoms with van der Waals surface area (Å²) in [7, 11) is -2.98. The first kappa shape index (κ1) is 19.0. The average Bonchev–Trinajstić information content (AvgIpc) is 2.55. The summed E-state index contributed by atoms with van der Waals surface area (Å²) in [5.74, 6) is -1.52. The molecule has 1 amide bonds. The quantitative estimate of drug-likeness (QED) is 0.745. The van der Waals surface area contributed by atoms with E-state index in [0.717, 1.165) is 6.07 Å². The van der Waals surface area contributed by atoms with Crippen LogP contribution in [-0.2, 0) is 14.8 Å². The van der Waals surface area contributed by atoms with Crippen molar-refractivity contribution in [3.8, 4) is 0 Å². The van der Waals surface area contributed by atoms with Crippen LogP contribution in [0.4, 0.5) is 5.69 Å². The molecule has 2 rings (SSSR count). The fraction of sp³-hybridized carbons (Fsp3) is 0.0667. The number of nitrogens with two attached hydrogens (primary N) is 1. The number of rotatable bonds is 5. The van der Waals surface area contributed by atoms with Gasteiger partial charge in [0.2, 0.25) is 5.91 Å². The van der Waals surface area contributed by atoms with Gasteiger partial charge >= 0.3 is 5.97 Å². The van der Waals surface area contributed by atoms with Crippen molar-refractivity contribution in [1.29, 1.82) is 0 Å². The number of nitrogens with one attached hydrogen (secondary N) is 1. The lowest BCUT2D eigenvalue weighted by atomic mass is 10.2. The number of amides is 1. The highest BCUT2D eigenvalue weighted by atomic mass is 35.5. The zero-order valence-corrected chi connectivity index (χ0v) is 15.1. The molecular formula is C15H12Cl2N2O5S. The largest absolute Gasteiger partial charge is 0.465 e. The second kappa shape index (κ2) is 7.30. The van der Waals surface area contributed by atoms with Gasteiger partial charge in [-0.1, -0.05) is 23.2 Å². The molecule has 0 aromatic heterocycles. The number of hydrogen-bond donors (Lipinski definition) is 2. The number of hydrogen-bond acceptors (Lipinski definition) is 5. The minimum Gasteiger partial charge on any atom is -0.465 e. The van der Waals surface area contributed by atoms with Crippen LogP contribution in [0.3, 0.4) is 0 Å². The first-order chi connectivity index (χ1) is 11.7. The van der Waals surface area contributed by atoms with Gasteiger partial charge in [0.25, 0.3) is 10.0 Å². The van der Waals surface area contributed by atoms with Crippen molar-refractivity contribution in [2.45, 2.75) is 4.90 Å². The Morgan fingerprint density at radius 2 is 1.72 bits per heavy atom. The van der Waals surface area contributed by atoms with E-state index < -0.39 is 21.9 Å². The Balaban J connectivity index is 2.45. The minimum absolute atomic E-state index is 0.0150. The van der Waals surface area contributed by atoms with Crippen LogP contribution in [0.25, 0.3) is 0 Å². The van der Waals surface area contributed by atoms with E-state index in [1.165, 1.54) is 37.4 Å². The number of ether oxygens (including phenoxy) is 1. The van der Waals surface area contributed by atoms with Crippen LogP contribution in [0, 0.1) is 0 Å². The molecule has 0 bridgehead atoms. The van der Waals surface area contributed by atoms with Crippen LogP contribution in [0.1, 0.15) is 20.7 Å². The number of benzene rings is 2. The number of halogens is 2.